The van der Waals surface area contributed by atoms with E-state index >= 15 is 0 Å². The Labute approximate surface area is 130 Å². The highest BCUT2D eigenvalue weighted by Gasteiger charge is 2.28. The molecule has 2 heterocycles. The molecule has 6 nitrogen and oxygen atoms in total. The highest BCUT2D eigenvalue weighted by Crippen LogP contribution is 2.40. The van der Waals surface area contributed by atoms with E-state index in [2.05, 4.69) is 36.3 Å². The second-order valence-electron chi connectivity index (χ2n) is 7.06. The van der Waals surface area contributed by atoms with Crippen molar-refractivity contribution in [3.05, 3.63) is 29.2 Å². The predicted molar refractivity (Wildman–Crippen MR) is 85.1 cm³/mol. The predicted octanol–water partition coefficient (Wildman–Crippen LogP) is 2.81. The lowest BCUT2D eigenvalue weighted by molar-refractivity contribution is 0.102. The molecule has 0 spiro atoms. The molecule has 0 aliphatic heterocycles. The van der Waals surface area contributed by atoms with E-state index in [0.29, 0.717) is 17.4 Å². The van der Waals surface area contributed by atoms with E-state index in [1.807, 2.05) is 35.5 Å². The summed E-state index contributed by atoms with van der Waals surface area (Å²) in [4.78, 5) is 12.4. The summed E-state index contributed by atoms with van der Waals surface area (Å²) in [5.74, 6) is 0.981. The van der Waals surface area contributed by atoms with Crippen LogP contribution in [0.1, 0.15) is 61.4 Å². The number of carbonyl (C=O) groups excluding carboxylic acids is 1. The maximum Gasteiger partial charge on any atom is 0.277 e. The van der Waals surface area contributed by atoms with E-state index in [1.54, 1.807) is 0 Å². The van der Waals surface area contributed by atoms with Crippen molar-refractivity contribution in [3.63, 3.8) is 0 Å². The van der Waals surface area contributed by atoms with Gasteiger partial charge < -0.3 is 5.32 Å². The largest absolute Gasteiger partial charge is 0.304 e. The first-order valence-corrected chi connectivity index (χ1v) is 7.68. The van der Waals surface area contributed by atoms with Crippen molar-refractivity contribution in [2.45, 2.75) is 52.0 Å². The van der Waals surface area contributed by atoms with Crippen LogP contribution in [-0.2, 0) is 12.6 Å². The van der Waals surface area contributed by atoms with Crippen molar-refractivity contribution >= 4 is 11.7 Å². The van der Waals surface area contributed by atoms with Gasteiger partial charge in [0.2, 0.25) is 0 Å². The number of carbonyl (C=O) groups is 1. The summed E-state index contributed by atoms with van der Waals surface area (Å²) in [5, 5.41) is 11.6. The van der Waals surface area contributed by atoms with E-state index in [9.17, 15) is 4.79 Å². The smallest absolute Gasteiger partial charge is 0.277 e. The average Bonchev–Trinajstić information content (AvgIpc) is 3.06. The van der Waals surface area contributed by atoms with Crippen LogP contribution in [-0.4, -0.2) is 25.5 Å². The van der Waals surface area contributed by atoms with Gasteiger partial charge in [0.15, 0.2) is 11.5 Å². The Morgan fingerprint density at radius 1 is 1.27 bits per heavy atom. The minimum Gasteiger partial charge on any atom is -0.304 e. The lowest BCUT2D eigenvalue weighted by atomic mass is 10.1. The number of anilines is 1. The van der Waals surface area contributed by atoms with Gasteiger partial charge in [0, 0.05) is 30.4 Å². The first kappa shape index (κ1) is 14.8. The van der Waals surface area contributed by atoms with Crippen LogP contribution in [0.15, 0.2) is 12.1 Å². The number of aryl methyl sites for hydroxylation is 2. The van der Waals surface area contributed by atoms with Gasteiger partial charge in [0.1, 0.15) is 0 Å². The summed E-state index contributed by atoms with van der Waals surface area (Å²) in [6.45, 7) is 8.15. The summed E-state index contributed by atoms with van der Waals surface area (Å²) < 4.78 is 3.72. The minimum atomic E-state index is -0.216. The van der Waals surface area contributed by atoms with Crippen molar-refractivity contribution < 1.29 is 4.79 Å². The molecule has 6 heteroatoms. The van der Waals surface area contributed by atoms with Crippen LogP contribution in [0.5, 0.6) is 0 Å². The molecule has 1 saturated carbocycles. The molecule has 2 aromatic rings. The van der Waals surface area contributed by atoms with Gasteiger partial charge in [-0.05, 0) is 46.6 Å². The van der Waals surface area contributed by atoms with Crippen LogP contribution in [0.25, 0.3) is 0 Å². The molecule has 1 N–H and O–H groups in total. The van der Waals surface area contributed by atoms with Gasteiger partial charge in [0.25, 0.3) is 5.91 Å². The summed E-state index contributed by atoms with van der Waals surface area (Å²) >= 11 is 0. The highest BCUT2D eigenvalue weighted by molar-refractivity contribution is 6.02. The fourth-order valence-electron chi connectivity index (χ4n) is 2.75. The normalized spacial score (nSPS) is 15.1. The Kier molecular flexibility index (Phi) is 3.34. The Bertz CT molecular complexity index is 715. The van der Waals surface area contributed by atoms with Crippen molar-refractivity contribution in [1.29, 1.82) is 0 Å². The third-order valence-electron chi connectivity index (χ3n) is 3.91. The van der Waals surface area contributed by atoms with Gasteiger partial charge in [-0.2, -0.15) is 10.2 Å². The molecule has 22 heavy (non-hydrogen) atoms. The molecule has 0 saturated heterocycles. The second-order valence-corrected chi connectivity index (χ2v) is 7.06. The molecule has 3 rings (SSSR count). The molecule has 2 aromatic heterocycles. The number of amides is 1. The topological polar surface area (TPSA) is 64.7 Å². The summed E-state index contributed by atoms with van der Waals surface area (Å²) in [5.41, 5.74) is 2.43. The van der Waals surface area contributed by atoms with Gasteiger partial charge in [0.05, 0.1) is 5.54 Å². The van der Waals surface area contributed by atoms with Crippen LogP contribution in [0.4, 0.5) is 5.82 Å². The molecule has 1 aliphatic carbocycles. The number of hydrogen-bond donors (Lipinski definition) is 1. The van der Waals surface area contributed by atoms with Crippen LogP contribution in [0.3, 0.4) is 0 Å². The molecule has 0 atom stereocenters. The molecule has 1 aliphatic rings. The van der Waals surface area contributed by atoms with Gasteiger partial charge in [-0.3, -0.25) is 14.2 Å². The zero-order valence-corrected chi connectivity index (χ0v) is 13.8. The number of hydrogen-bond acceptors (Lipinski definition) is 3. The minimum absolute atomic E-state index is 0.146. The first-order valence-electron chi connectivity index (χ1n) is 7.68. The van der Waals surface area contributed by atoms with E-state index in [4.69, 9.17) is 0 Å². The molecule has 1 amide bonds. The fourth-order valence-corrected chi connectivity index (χ4v) is 2.75. The van der Waals surface area contributed by atoms with Crippen LogP contribution >= 0.6 is 0 Å². The van der Waals surface area contributed by atoms with Gasteiger partial charge in [-0.1, -0.05) is 0 Å². The first-order chi connectivity index (χ1) is 10.3. The van der Waals surface area contributed by atoms with Crippen molar-refractivity contribution in [2.75, 3.05) is 5.32 Å². The maximum atomic E-state index is 12.4. The maximum absolute atomic E-state index is 12.4. The van der Waals surface area contributed by atoms with E-state index in [1.165, 1.54) is 18.5 Å². The van der Waals surface area contributed by atoms with Crippen LogP contribution in [0.2, 0.25) is 0 Å². The van der Waals surface area contributed by atoms with Crippen molar-refractivity contribution in [3.8, 4) is 0 Å². The Hall–Kier alpha value is -2.11. The fraction of sp³-hybridized carbons (Fsp3) is 0.562. The molecular weight excluding hydrogens is 278 g/mol. The van der Waals surface area contributed by atoms with Gasteiger partial charge >= 0.3 is 0 Å². The Balaban J connectivity index is 1.78. The molecule has 0 aromatic carbocycles. The summed E-state index contributed by atoms with van der Waals surface area (Å²) in [7, 11) is 1.92. The number of aromatic nitrogens is 4. The van der Waals surface area contributed by atoms with Gasteiger partial charge in [-0.15, -0.1) is 0 Å². The molecule has 1 fully saturated rings. The molecule has 118 valence electrons. The van der Waals surface area contributed by atoms with Crippen LogP contribution < -0.4 is 5.32 Å². The van der Waals surface area contributed by atoms with Gasteiger partial charge in [-0.25, -0.2) is 0 Å². The Morgan fingerprint density at radius 2 is 1.95 bits per heavy atom. The zero-order chi connectivity index (χ0) is 16.1. The zero-order valence-electron chi connectivity index (χ0n) is 13.8. The quantitative estimate of drug-likeness (QED) is 0.948. The third kappa shape index (κ3) is 2.77. The SMILES string of the molecule is Cc1cc(C(=O)Nc2cc(C3CC3)n(C)n2)nn1C(C)(C)C. The second kappa shape index (κ2) is 4.97. The number of nitrogens with zero attached hydrogens (tertiary/aromatic N) is 4. The summed E-state index contributed by atoms with van der Waals surface area (Å²) in [6, 6.07) is 3.77. The third-order valence-corrected chi connectivity index (χ3v) is 3.91. The Morgan fingerprint density at radius 3 is 2.50 bits per heavy atom. The number of rotatable bonds is 3. The lowest BCUT2D eigenvalue weighted by Crippen LogP contribution is -2.25. The highest BCUT2D eigenvalue weighted by atomic mass is 16.2. The molecule has 0 bridgehead atoms. The van der Waals surface area contributed by atoms with E-state index in [-0.39, 0.29) is 11.4 Å². The van der Waals surface area contributed by atoms with Crippen molar-refractivity contribution in [1.82, 2.24) is 19.6 Å². The van der Waals surface area contributed by atoms with E-state index < -0.39 is 0 Å². The molecule has 0 unspecified atom stereocenters. The average molecular weight is 301 g/mol. The summed E-state index contributed by atoms with van der Waals surface area (Å²) in [6.07, 6.45) is 2.42. The van der Waals surface area contributed by atoms with E-state index in [0.717, 1.165) is 5.69 Å². The standard InChI is InChI=1S/C16H23N5O/c1-10-8-12(18-21(10)16(2,3)4)15(22)17-14-9-13(11-6-7-11)20(5)19-14/h8-9,11H,6-7H2,1-5H3,(H,17,19,22). The molecule has 0 radical (unpaired) electrons. The van der Waals surface area contributed by atoms with Crippen molar-refractivity contribution in [2.24, 2.45) is 7.05 Å². The number of nitrogens with one attached hydrogen (secondary N) is 1. The monoisotopic (exact) mass is 301 g/mol. The lowest BCUT2D eigenvalue weighted by Gasteiger charge is -2.21. The molecular formula is C16H23N5O. The van der Waals surface area contributed by atoms with Crippen LogP contribution in [0, 0.1) is 6.92 Å².